The summed E-state index contributed by atoms with van der Waals surface area (Å²) < 4.78 is 6.18. The van der Waals surface area contributed by atoms with Gasteiger partial charge in [0.1, 0.15) is 11.1 Å². The Bertz CT molecular complexity index is 737. The van der Waals surface area contributed by atoms with Crippen molar-refractivity contribution in [1.29, 1.82) is 0 Å². The Morgan fingerprint density at radius 2 is 2.40 bits per heavy atom. The van der Waals surface area contributed by atoms with E-state index in [1.54, 1.807) is 25.0 Å². The Morgan fingerprint density at radius 3 is 3.00 bits per heavy atom. The minimum Gasteiger partial charge on any atom is -0.460 e. The van der Waals surface area contributed by atoms with Gasteiger partial charge in [0.05, 0.1) is 11.9 Å². The summed E-state index contributed by atoms with van der Waals surface area (Å²) >= 11 is 1.61. The minimum atomic E-state index is -0.0444. The number of terminal acetylenes is 1. The molecule has 2 saturated heterocycles. The first-order valence-electron chi connectivity index (χ1n) is 8.43. The monoisotopic (exact) mass is 358 g/mol. The molecule has 1 aromatic heterocycles. The molecular formula is C17H22N6OS. The maximum Gasteiger partial charge on any atom is 0.286 e. The molecule has 3 fully saturated rings. The number of aromatic nitrogens is 2. The van der Waals surface area contributed by atoms with E-state index in [1.807, 2.05) is 6.92 Å². The number of hydrogen-bond donors (Lipinski definition) is 2. The number of amidine groups is 1. The third-order valence-corrected chi connectivity index (χ3v) is 6.46. The summed E-state index contributed by atoms with van der Waals surface area (Å²) in [7, 11) is 1.77. The first-order chi connectivity index (χ1) is 12.2. The number of nitrogens with zero attached hydrogens (tertiary/aromatic N) is 4. The van der Waals surface area contributed by atoms with Crippen LogP contribution in [0.25, 0.3) is 0 Å². The largest absolute Gasteiger partial charge is 0.460 e. The summed E-state index contributed by atoms with van der Waals surface area (Å²) in [6, 6.07) is 0.606. The zero-order valence-corrected chi connectivity index (χ0v) is 15.2. The normalized spacial score (nSPS) is 34.4. The molecule has 0 bridgehead atoms. The number of rotatable bonds is 2. The molecule has 0 aromatic carbocycles. The zero-order valence-electron chi connectivity index (χ0n) is 14.4. The molecule has 3 unspecified atom stereocenters. The highest BCUT2D eigenvalue weighted by Crippen LogP contribution is 2.63. The van der Waals surface area contributed by atoms with Gasteiger partial charge in [0.25, 0.3) is 6.02 Å². The molecule has 1 spiro atoms. The maximum atomic E-state index is 6.18. The van der Waals surface area contributed by atoms with Crippen LogP contribution in [0.1, 0.15) is 18.5 Å². The number of anilines is 1. The van der Waals surface area contributed by atoms with Crippen molar-refractivity contribution >= 4 is 23.6 Å². The second-order valence-electron chi connectivity index (χ2n) is 6.75. The Labute approximate surface area is 152 Å². The van der Waals surface area contributed by atoms with Crippen LogP contribution in [-0.2, 0) is 4.74 Å². The predicted octanol–water partition coefficient (Wildman–Crippen LogP) is 1.27. The molecule has 8 heteroatoms. The Kier molecular flexibility index (Phi) is 4.01. The fraction of sp³-hybridized carbons (Fsp3) is 0.588. The van der Waals surface area contributed by atoms with Crippen molar-refractivity contribution in [3.63, 3.8) is 0 Å². The topological polar surface area (TPSA) is 74.7 Å². The van der Waals surface area contributed by atoms with E-state index in [1.165, 1.54) is 19.4 Å². The van der Waals surface area contributed by atoms with Gasteiger partial charge in [-0.25, -0.2) is 15.0 Å². The number of hydrogen-bond acceptors (Lipinski definition) is 7. The van der Waals surface area contributed by atoms with Gasteiger partial charge in [-0.05, 0) is 19.8 Å². The van der Waals surface area contributed by atoms with Crippen molar-refractivity contribution in [2.75, 3.05) is 25.5 Å². The van der Waals surface area contributed by atoms with Gasteiger partial charge in [0, 0.05) is 31.6 Å². The second-order valence-corrected chi connectivity index (χ2v) is 7.84. The summed E-state index contributed by atoms with van der Waals surface area (Å²) in [5.41, 5.74) is 1.39. The average Bonchev–Trinajstić information content (AvgIpc) is 3.22. The van der Waals surface area contributed by atoms with Gasteiger partial charge in [-0.15, -0.1) is 12.8 Å². The molecule has 1 aromatic rings. The van der Waals surface area contributed by atoms with Crippen molar-refractivity contribution < 1.29 is 4.74 Å². The van der Waals surface area contributed by atoms with Gasteiger partial charge in [-0.3, -0.25) is 4.90 Å². The summed E-state index contributed by atoms with van der Waals surface area (Å²) in [6.45, 7) is 4.22. The van der Waals surface area contributed by atoms with E-state index >= 15 is 0 Å². The number of fused-ring (bicyclic) bond motifs is 1. The third-order valence-electron chi connectivity index (χ3n) is 5.48. The van der Waals surface area contributed by atoms with Crippen LogP contribution in [0.3, 0.4) is 0 Å². The van der Waals surface area contributed by atoms with Crippen LogP contribution < -0.4 is 10.6 Å². The van der Waals surface area contributed by atoms with E-state index in [-0.39, 0.29) is 11.6 Å². The van der Waals surface area contributed by atoms with Gasteiger partial charge < -0.3 is 15.4 Å². The number of ether oxygens (including phenoxy) is 1. The highest BCUT2D eigenvalue weighted by Gasteiger charge is 2.71. The van der Waals surface area contributed by atoms with Crippen LogP contribution in [0.15, 0.2) is 16.2 Å². The van der Waals surface area contributed by atoms with Crippen molar-refractivity contribution in [3.8, 4) is 12.8 Å². The number of aryl methyl sites for hydroxylation is 1. The van der Waals surface area contributed by atoms with E-state index in [0.29, 0.717) is 17.5 Å². The van der Waals surface area contributed by atoms with Crippen molar-refractivity contribution in [3.05, 3.63) is 11.9 Å². The lowest BCUT2D eigenvalue weighted by atomic mass is 10.0. The quantitative estimate of drug-likeness (QED) is 0.468. The standard InChI is InChI=1S/C15H20N6OS.C2H2/c1-8-6-17-11-12(18-8)23-14(19-11)20-13(16-2)22-10-7-21-4-3-15(21)5-9(10)15;1-2/h6,9-10,14H,3-5,7H2,1-2H3,(H,16,20)(H,17,19);1-2H/t9?,10-,14?,15?;/m0./s1. The molecule has 0 radical (unpaired) electrons. The van der Waals surface area contributed by atoms with Crippen LogP contribution >= 0.6 is 11.8 Å². The number of piperidine rings is 1. The SMILES string of the molecule is C#C.CN=C(NC1Nc2ncc(C)nc2S1)O[C@H]1CN2CCC23CC13. The van der Waals surface area contributed by atoms with Crippen LogP contribution in [-0.4, -0.2) is 58.2 Å². The molecule has 25 heavy (non-hydrogen) atoms. The van der Waals surface area contributed by atoms with Crippen LogP contribution in [0, 0.1) is 25.7 Å². The van der Waals surface area contributed by atoms with E-state index in [0.717, 1.165) is 23.1 Å². The second kappa shape index (κ2) is 6.07. The Morgan fingerprint density at radius 1 is 1.56 bits per heavy atom. The summed E-state index contributed by atoms with van der Waals surface area (Å²) in [4.78, 5) is 15.7. The fourth-order valence-corrected chi connectivity index (χ4v) is 5.09. The van der Waals surface area contributed by atoms with E-state index in [2.05, 4.69) is 43.3 Å². The summed E-state index contributed by atoms with van der Waals surface area (Å²) in [5, 5.41) is 7.56. The van der Waals surface area contributed by atoms with E-state index < -0.39 is 0 Å². The number of thioether (sulfide) groups is 1. The molecule has 5 rings (SSSR count). The molecule has 1 aliphatic carbocycles. The molecule has 4 heterocycles. The Balaban J connectivity index is 0.000000758. The molecule has 4 aliphatic rings. The van der Waals surface area contributed by atoms with Gasteiger partial charge >= 0.3 is 0 Å². The highest BCUT2D eigenvalue weighted by molar-refractivity contribution is 8.00. The van der Waals surface area contributed by atoms with E-state index in [4.69, 9.17) is 4.74 Å². The molecular weight excluding hydrogens is 336 g/mol. The Hall–Kier alpha value is -1.98. The average molecular weight is 358 g/mol. The molecule has 0 amide bonds. The van der Waals surface area contributed by atoms with Crippen LogP contribution in [0.2, 0.25) is 0 Å². The van der Waals surface area contributed by atoms with Gasteiger partial charge in [-0.2, -0.15) is 0 Å². The lowest BCUT2D eigenvalue weighted by Gasteiger charge is -2.38. The van der Waals surface area contributed by atoms with Gasteiger partial charge in [0.2, 0.25) is 0 Å². The summed E-state index contributed by atoms with van der Waals surface area (Å²) in [6.07, 6.45) is 12.7. The molecule has 7 nitrogen and oxygen atoms in total. The minimum absolute atomic E-state index is 0.0444. The lowest BCUT2D eigenvalue weighted by Crippen LogP contribution is -2.48. The third kappa shape index (κ3) is 2.62. The van der Waals surface area contributed by atoms with Gasteiger partial charge in [-0.1, -0.05) is 11.8 Å². The zero-order chi connectivity index (χ0) is 17.6. The lowest BCUT2D eigenvalue weighted by molar-refractivity contribution is 0.0802. The van der Waals surface area contributed by atoms with Crippen molar-refractivity contribution in [2.45, 2.75) is 41.9 Å². The van der Waals surface area contributed by atoms with Crippen LogP contribution in [0.5, 0.6) is 0 Å². The molecule has 132 valence electrons. The molecule has 1 saturated carbocycles. The fourth-order valence-electron chi connectivity index (χ4n) is 4.12. The molecule has 3 aliphatic heterocycles. The maximum absolute atomic E-state index is 6.18. The molecule has 4 atom stereocenters. The summed E-state index contributed by atoms with van der Waals surface area (Å²) in [5.74, 6) is 1.52. The van der Waals surface area contributed by atoms with Gasteiger partial charge in [0.15, 0.2) is 11.3 Å². The van der Waals surface area contributed by atoms with E-state index in [9.17, 15) is 0 Å². The van der Waals surface area contributed by atoms with Crippen LogP contribution in [0.4, 0.5) is 5.82 Å². The smallest absolute Gasteiger partial charge is 0.286 e. The first-order valence-corrected chi connectivity index (χ1v) is 9.31. The van der Waals surface area contributed by atoms with Crippen molar-refractivity contribution in [1.82, 2.24) is 20.2 Å². The highest BCUT2D eigenvalue weighted by atomic mass is 32.2. The first kappa shape index (κ1) is 16.5. The predicted molar refractivity (Wildman–Crippen MR) is 98.3 cm³/mol. The number of nitrogens with one attached hydrogen (secondary N) is 2. The number of aliphatic imine (C=N–C) groups is 1. The van der Waals surface area contributed by atoms with Crippen molar-refractivity contribution in [2.24, 2.45) is 10.9 Å². The molecule has 2 N–H and O–H groups in total.